The first kappa shape index (κ1) is 17.1. The van der Waals surface area contributed by atoms with E-state index in [2.05, 4.69) is 10.5 Å². The average Bonchev–Trinajstić information content (AvgIpc) is 2.77. The molecule has 1 amide bonds. The molecule has 23 heavy (non-hydrogen) atoms. The Morgan fingerprint density at radius 1 is 1.48 bits per heavy atom. The van der Waals surface area contributed by atoms with Crippen molar-refractivity contribution in [2.45, 2.75) is 25.9 Å². The van der Waals surface area contributed by atoms with Gasteiger partial charge in [0, 0.05) is 18.2 Å². The number of pyridine rings is 1. The smallest absolute Gasteiger partial charge is 0.344 e. The number of carbonyl (C=O) groups is 1. The van der Waals surface area contributed by atoms with Crippen molar-refractivity contribution in [2.75, 3.05) is 5.32 Å². The third-order valence-electron chi connectivity index (χ3n) is 3.04. The fourth-order valence-corrected chi connectivity index (χ4v) is 2.10. The van der Waals surface area contributed by atoms with Gasteiger partial charge in [-0.2, -0.15) is 13.2 Å². The number of carbonyl (C=O) groups excluding carboxylic acids is 1. The van der Waals surface area contributed by atoms with Crippen molar-refractivity contribution < 1.29 is 22.5 Å². The molecule has 2 rings (SSSR count). The number of halogens is 4. The van der Waals surface area contributed by atoms with Gasteiger partial charge in [0.1, 0.15) is 5.69 Å². The van der Waals surface area contributed by atoms with Crippen LogP contribution in [0.25, 0.3) is 0 Å². The van der Waals surface area contributed by atoms with Gasteiger partial charge in [0.05, 0.1) is 11.3 Å². The molecule has 0 spiro atoms. The van der Waals surface area contributed by atoms with Crippen LogP contribution in [-0.4, -0.2) is 16.0 Å². The van der Waals surface area contributed by atoms with Gasteiger partial charge in [-0.05, 0) is 31.0 Å². The van der Waals surface area contributed by atoms with E-state index in [4.69, 9.17) is 16.1 Å². The molecule has 6 nitrogen and oxygen atoms in total. The van der Waals surface area contributed by atoms with Crippen molar-refractivity contribution in [3.05, 3.63) is 44.7 Å². The third-order valence-corrected chi connectivity index (χ3v) is 3.34. The van der Waals surface area contributed by atoms with Crippen LogP contribution in [0, 0.1) is 6.92 Å². The number of aromatic nitrogens is 2. The van der Waals surface area contributed by atoms with Crippen molar-refractivity contribution in [1.82, 2.24) is 10.1 Å². The van der Waals surface area contributed by atoms with Gasteiger partial charge >= 0.3 is 6.18 Å². The second kappa shape index (κ2) is 6.45. The molecule has 0 aliphatic carbocycles. The molecule has 0 radical (unpaired) electrons. The zero-order valence-corrected chi connectivity index (χ0v) is 12.5. The van der Waals surface area contributed by atoms with Crippen LogP contribution >= 0.6 is 11.6 Å². The summed E-state index contributed by atoms with van der Waals surface area (Å²) in [6.07, 6.45) is -4.01. The highest BCUT2D eigenvalue weighted by Gasteiger charge is 2.31. The summed E-state index contributed by atoms with van der Waals surface area (Å²) in [5.74, 6) is -0.633. The number of rotatable bonds is 4. The molecule has 2 heterocycles. The molecular weight excluding hydrogens is 339 g/mol. The van der Waals surface area contributed by atoms with Gasteiger partial charge in [-0.15, -0.1) is 0 Å². The fourth-order valence-electron chi connectivity index (χ4n) is 1.83. The number of hydrogen-bond donors (Lipinski definition) is 2. The average molecular weight is 350 g/mol. The minimum absolute atomic E-state index is 0.0483. The molecule has 0 fully saturated rings. The number of nitrogens with one attached hydrogen (secondary N) is 2. The first-order valence-corrected chi connectivity index (χ1v) is 6.76. The van der Waals surface area contributed by atoms with E-state index in [1.54, 1.807) is 6.92 Å². The molecule has 2 N–H and O–H groups in total. The number of H-pyrrole nitrogens is 1. The van der Waals surface area contributed by atoms with Gasteiger partial charge in [0.15, 0.2) is 0 Å². The summed E-state index contributed by atoms with van der Waals surface area (Å²) in [6.45, 7) is 1.64. The standard InChI is InChI=1S/C13H11ClF3N3O3/c1-6-8(11(14)23-20-6)2-3-10(21)19-9-4-7(13(15,16)17)5-18-12(9)22/h4-5H,2-3H2,1H3,(H,18,22)(H,19,21). The largest absolute Gasteiger partial charge is 0.417 e. The summed E-state index contributed by atoms with van der Waals surface area (Å²) in [6, 6.07) is 0.578. The van der Waals surface area contributed by atoms with E-state index < -0.39 is 28.9 Å². The lowest BCUT2D eigenvalue weighted by atomic mass is 10.1. The van der Waals surface area contributed by atoms with Crippen LogP contribution in [-0.2, 0) is 17.4 Å². The summed E-state index contributed by atoms with van der Waals surface area (Å²) >= 11 is 5.74. The Bertz CT molecular complexity index is 763. The summed E-state index contributed by atoms with van der Waals surface area (Å²) in [7, 11) is 0. The van der Waals surface area contributed by atoms with Crippen LogP contribution in [0.4, 0.5) is 18.9 Å². The number of nitrogens with zero attached hydrogens (tertiary/aromatic N) is 1. The second-order valence-electron chi connectivity index (χ2n) is 4.70. The normalized spacial score (nSPS) is 11.5. The molecule has 0 atom stereocenters. The number of anilines is 1. The van der Waals surface area contributed by atoms with Crippen LogP contribution in [0.5, 0.6) is 0 Å². The van der Waals surface area contributed by atoms with Crippen LogP contribution in [0.3, 0.4) is 0 Å². The molecule has 0 aliphatic heterocycles. The van der Waals surface area contributed by atoms with E-state index in [0.29, 0.717) is 23.5 Å². The quantitative estimate of drug-likeness (QED) is 0.888. The number of aromatic amines is 1. The fraction of sp³-hybridized carbons (Fsp3) is 0.308. The topological polar surface area (TPSA) is 88.0 Å². The summed E-state index contributed by atoms with van der Waals surface area (Å²) in [4.78, 5) is 25.2. The highest BCUT2D eigenvalue weighted by Crippen LogP contribution is 2.29. The van der Waals surface area contributed by atoms with Crippen molar-refractivity contribution in [2.24, 2.45) is 0 Å². The van der Waals surface area contributed by atoms with Gasteiger partial charge in [0.25, 0.3) is 5.56 Å². The Hall–Kier alpha value is -2.29. The lowest BCUT2D eigenvalue weighted by Crippen LogP contribution is -2.21. The minimum Gasteiger partial charge on any atom is -0.344 e. The van der Waals surface area contributed by atoms with Crippen LogP contribution in [0.15, 0.2) is 21.6 Å². The van der Waals surface area contributed by atoms with Gasteiger partial charge < -0.3 is 14.8 Å². The van der Waals surface area contributed by atoms with E-state index >= 15 is 0 Å². The Morgan fingerprint density at radius 3 is 2.74 bits per heavy atom. The maximum atomic E-state index is 12.6. The van der Waals surface area contributed by atoms with Gasteiger partial charge in [-0.3, -0.25) is 9.59 Å². The molecule has 2 aromatic heterocycles. The van der Waals surface area contributed by atoms with Crippen molar-refractivity contribution in [1.29, 1.82) is 0 Å². The number of alkyl halides is 3. The molecule has 0 aliphatic rings. The number of amides is 1. The Balaban J connectivity index is 2.07. The van der Waals surface area contributed by atoms with Crippen LogP contribution in [0.1, 0.15) is 23.2 Å². The molecule has 0 unspecified atom stereocenters. The number of aryl methyl sites for hydroxylation is 1. The van der Waals surface area contributed by atoms with E-state index in [1.807, 2.05) is 4.98 Å². The Morgan fingerprint density at radius 2 is 2.17 bits per heavy atom. The van der Waals surface area contributed by atoms with Crippen molar-refractivity contribution in [3.8, 4) is 0 Å². The molecular formula is C13H11ClF3N3O3. The predicted molar refractivity (Wildman–Crippen MR) is 75.3 cm³/mol. The highest BCUT2D eigenvalue weighted by atomic mass is 35.5. The summed E-state index contributed by atoms with van der Waals surface area (Å²) in [5.41, 5.74) is -1.33. The molecule has 0 bridgehead atoms. The summed E-state index contributed by atoms with van der Waals surface area (Å²) < 4.78 is 42.5. The van der Waals surface area contributed by atoms with Crippen LogP contribution in [0.2, 0.25) is 5.22 Å². The van der Waals surface area contributed by atoms with Crippen LogP contribution < -0.4 is 10.9 Å². The Labute approximate surface area is 132 Å². The van der Waals surface area contributed by atoms with E-state index in [1.165, 1.54) is 0 Å². The first-order valence-electron chi connectivity index (χ1n) is 6.39. The zero-order chi connectivity index (χ0) is 17.2. The van der Waals surface area contributed by atoms with Gasteiger partial charge in [-0.25, -0.2) is 0 Å². The van der Waals surface area contributed by atoms with Gasteiger partial charge in [0.2, 0.25) is 11.1 Å². The predicted octanol–water partition coefficient (Wildman–Crippen LogP) is 2.91. The molecule has 2 aromatic rings. The molecule has 0 aromatic carbocycles. The Kier molecular flexibility index (Phi) is 4.79. The highest BCUT2D eigenvalue weighted by molar-refractivity contribution is 6.29. The monoisotopic (exact) mass is 349 g/mol. The van der Waals surface area contributed by atoms with E-state index in [9.17, 15) is 22.8 Å². The summed E-state index contributed by atoms with van der Waals surface area (Å²) in [5, 5.41) is 5.81. The lowest BCUT2D eigenvalue weighted by Gasteiger charge is -2.09. The SMILES string of the molecule is Cc1noc(Cl)c1CCC(=O)Nc1cc(C(F)(F)F)c[nH]c1=O. The number of hydrogen-bond acceptors (Lipinski definition) is 4. The molecule has 0 saturated heterocycles. The van der Waals surface area contributed by atoms with E-state index in [0.717, 1.165) is 0 Å². The first-order chi connectivity index (χ1) is 10.7. The maximum absolute atomic E-state index is 12.6. The van der Waals surface area contributed by atoms with Crippen molar-refractivity contribution >= 4 is 23.2 Å². The maximum Gasteiger partial charge on any atom is 0.417 e. The minimum atomic E-state index is -4.63. The van der Waals surface area contributed by atoms with Gasteiger partial charge in [-0.1, -0.05) is 5.16 Å². The molecule has 124 valence electrons. The molecule has 10 heteroatoms. The van der Waals surface area contributed by atoms with Crippen molar-refractivity contribution in [3.63, 3.8) is 0 Å². The second-order valence-corrected chi connectivity index (χ2v) is 5.04. The zero-order valence-electron chi connectivity index (χ0n) is 11.8. The third kappa shape index (κ3) is 4.13. The van der Waals surface area contributed by atoms with E-state index in [-0.39, 0.29) is 18.1 Å². The molecule has 0 saturated carbocycles. The lowest BCUT2D eigenvalue weighted by molar-refractivity contribution is -0.137.